The molecule has 2 atom stereocenters. The minimum Gasteiger partial charge on any atom is -0.619 e. The van der Waals surface area contributed by atoms with Crippen molar-refractivity contribution in [1.29, 1.82) is 0 Å². The van der Waals surface area contributed by atoms with Crippen molar-refractivity contribution in [3.8, 4) is 11.5 Å². The second kappa shape index (κ2) is 14.3. The quantitative estimate of drug-likeness (QED) is 0.151. The van der Waals surface area contributed by atoms with E-state index < -0.39 is 53.9 Å². The Morgan fingerprint density at radius 2 is 1.74 bits per heavy atom. The number of esters is 1. The number of thioether (sulfide) groups is 1. The minimum atomic E-state index is -4.42. The molecule has 2 N–H and O–H groups in total. The molecule has 1 aromatic heterocycles. The molecule has 254 valence electrons. The normalized spacial score (nSPS) is 17.9. The van der Waals surface area contributed by atoms with Crippen LogP contribution in [-0.4, -0.2) is 58.0 Å². The van der Waals surface area contributed by atoms with Gasteiger partial charge in [-0.3, -0.25) is 0 Å². The molecule has 1 aliphatic carbocycles. The maximum atomic E-state index is 13.7. The average molecular weight is 755 g/mol. The number of halogens is 4. The van der Waals surface area contributed by atoms with Crippen LogP contribution in [-0.2, 0) is 36.0 Å². The molecule has 2 fully saturated rings. The molecule has 19 heteroatoms. The smallest absolute Gasteiger partial charge is 0.387 e. The fourth-order valence-electron chi connectivity index (χ4n) is 4.69. The zero-order chi connectivity index (χ0) is 34.1. The Hall–Kier alpha value is -2.93. The summed E-state index contributed by atoms with van der Waals surface area (Å²) in [6, 6.07) is 8.38. The van der Waals surface area contributed by atoms with Crippen LogP contribution in [0.15, 0.2) is 64.6 Å². The first-order valence-corrected chi connectivity index (χ1v) is 18.7. The summed E-state index contributed by atoms with van der Waals surface area (Å²) in [6.45, 7) is -3.00. The van der Waals surface area contributed by atoms with Gasteiger partial charge in [0, 0.05) is 24.3 Å². The summed E-state index contributed by atoms with van der Waals surface area (Å²) in [6.07, 6.45) is 2.48. The first-order chi connectivity index (χ1) is 22.1. The Morgan fingerprint density at radius 3 is 2.38 bits per heavy atom. The summed E-state index contributed by atoms with van der Waals surface area (Å²) in [4.78, 5) is 12.9. The van der Waals surface area contributed by atoms with Gasteiger partial charge in [-0.2, -0.15) is 17.8 Å². The lowest BCUT2D eigenvalue weighted by Crippen LogP contribution is -2.40. The second-order valence-electron chi connectivity index (χ2n) is 10.6. The van der Waals surface area contributed by atoms with Crippen molar-refractivity contribution >= 4 is 61.0 Å². The van der Waals surface area contributed by atoms with E-state index in [4.69, 9.17) is 37.8 Å². The molecule has 0 spiro atoms. The van der Waals surface area contributed by atoms with Crippen molar-refractivity contribution in [1.82, 2.24) is 4.31 Å². The van der Waals surface area contributed by atoms with Gasteiger partial charge in [0.15, 0.2) is 29.3 Å². The van der Waals surface area contributed by atoms with Crippen molar-refractivity contribution in [2.24, 2.45) is 11.1 Å². The van der Waals surface area contributed by atoms with Gasteiger partial charge < -0.3 is 19.4 Å². The molecule has 2 aliphatic rings. The van der Waals surface area contributed by atoms with E-state index >= 15 is 0 Å². The number of hydrogen-bond acceptors (Lipinski definition) is 10. The van der Waals surface area contributed by atoms with Crippen molar-refractivity contribution < 1.29 is 49.4 Å². The Bertz CT molecular complexity index is 1860. The molecule has 1 saturated heterocycles. The van der Waals surface area contributed by atoms with E-state index in [1.807, 2.05) is 0 Å². The van der Waals surface area contributed by atoms with E-state index in [9.17, 15) is 35.6 Å². The predicted octanol–water partition coefficient (Wildman–Crippen LogP) is 4.26. The number of hydrogen-bond donors (Lipinski definition) is 1. The van der Waals surface area contributed by atoms with Gasteiger partial charge in [0.25, 0.3) is 0 Å². The molecule has 47 heavy (non-hydrogen) atoms. The van der Waals surface area contributed by atoms with Crippen LogP contribution in [0.25, 0.3) is 0 Å². The number of rotatable bonds is 13. The van der Waals surface area contributed by atoms with Crippen LogP contribution >= 0.6 is 35.0 Å². The summed E-state index contributed by atoms with van der Waals surface area (Å²) in [5, 5.41) is 15.5. The summed E-state index contributed by atoms with van der Waals surface area (Å²) in [5.41, 5.74) is 0.463. The number of carbonyl (C=O) groups is 1. The number of aromatic nitrogens is 1. The van der Waals surface area contributed by atoms with Gasteiger partial charge in [-0.1, -0.05) is 35.3 Å². The highest BCUT2D eigenvalue weighted by atomic mass is 35.5. The molecule has 2 aromatic carbocycles. The van der Waals surface area contributed by atoms with Crippen LogP contribution < -0.4 is 19.3 Å². The Kier molecular flexibility index (Phi) is 10.7. The van der Waals surface area contributed by atoms with Gasteiger partial charge in [0.05, 0.1) is 16.4 Å². The third kappa shape index (κ3) is 8.57. The van der Waals surface area contributed by atoms with Crippen molar-refractivity contribution in [2.75, 3.05) is 18.9 Å². The molecule has 1 aliphatic heterocycles. The number of alkyl halides is 2. The van der Waals surface area contributed by atoms with E-state index in [0.29, 0.717) is 4.73 Å². The second-order valence-corrected chi connectivity index (χ2v) is 16.1. The fourth-order valence-corrected chi connectivity index (χ4v) is 9.02. The molecule has 1 unspecified atom stereocenters. The number of pyridine rings is 1. The number of nitrogens with zero attached hydrogens (tertiary/aromatic N) is 2. The highest BCUT2D eigenvalue weighted by Crippen LogP contribution is 2.39. The standard InChI is InChI=1S/C28H27Cl2F2N3O9S3/c29-21-13-34(37)14-22(30)20(21)12-24(17-6-7-23(44-28(31)32)25(10-17)42-15-16-4-5-16)43-27(36)26-35(8-9-45-26)47(40,41)19-3-1-2-18(11-19)46(33,38)39/h1-3,6-7,10-11,13-14,16,24,26,28H,4-5,8-9,12,15H2,(H2,33,38,39)/t24-,26?/m0/s1. The third-order valence-corrected chi connectivity index (χ3v) is 12.0. The number of primary sulfonamides is 1. The molecule has 12 nitrogen and oxygen atoms in total. The topological polar surface area (TPSA) is 169 Å². The van der Waals surface area contributed by atoms with Gasteiger partial charge >= 0.3 is 12.6 Å². The highest BCUT2D eigenvalue weighted by molar-refractivity contribution is 8.02. The zero-order valence-corrected chi connectivity index (χ0v) is 28.1. The summed E-state index contributed by atoms with van der Waals surface area (Å²) < 4.78 is 94.8. The van der Waals surface area contributed by atoms with Crippen LogP contribution in [0.5, 0.6) is 11.5 Å². The first kappa shape index (κ1) is 35.4. The van der Waals surface area contributed by atoms with E-state index in [-0.39, 0.29) is 63.9 Å². The third-order valence-electron chi connectivity index (χ3n) is 7.22. The van der Waals surface area contributed by atoms with Gasteiger partial charge in [-0.05, 0) is 54.7 Å². The SMILES string of the molecule is NS(=O)(=O)c1cccc(S(=O)(=O)N2CCSC2C(=O)O[C@@H](Cc2c(Cl)c[n+]([O-])cc2Cl)c2ccc(OC(F)F)c(OCC3CC3)c2)c1. The molecule has 0 radical (unpaired) electrons. The lowest BCUT2D eigenvalue weighted by atomic mass is 10.0. The van der Waals surface area contributed by atoms with Gasteiger partial charge in [-0.25, -0.2) is 26.8 Å². The molecular weight excluding hydrogens is 727 g/mol. The highest BCUT2D eigenvalue weighted by Gasteiger charge is 2.42. The van der Waals surface area contributed by atoms with Crippen molar-refractivity contribution in [3.63, 3.8) is 0 Å². The number of sulfonamides is 2. The Balaban J connectivity index is 1.48. The van der Waals surface area contributed by atoms with Crippen LogP contribution in [0, 0.1) is 11.1 Å². The van der Waals surface area contributed by atoms with Crippen LogP contribution in [0.3, 0.4) is 0 Å². The lowest BCUT2D eigenvalue weighted by molar-refractivity contribution is -0.605. The van der Waals surface area contributed by atoms with E-state index in [2.05, 4.69) is 4.74 Å². The molecule has 0 amide bonds. The van der Waals surface area contributed by atoms with E-state index in [1.54, 1.807) is 0 Å². The summed E-state index contributed by atoms with van der Waals surface area (Å²) in [7, 11) is -8.65. The Labute approximate surface area is 283 Å². The van der Waals surface area contributed by atoms with Crippen molar-refractivity contribution in [3.05, 3.63) is 81.2 Å². The summed E-state index contributed by atoms with van der Waals surface area (Å²) >= 11 is 13.6. The zero-order valence-electron chi connectivity index (χ0n) is 24.1. The largest absolute Gasteiger partial charge is 0.619 e. The molecular formula is C28H27Cl2F2N3O9S3. The maximum absolute atomic E-state index is 13.7. The molecule has 1 saturated carbocycles. The number of carbonyl (C=O) groups excluding carboxylic acids is 1. The van der Waals surface area contributed by atoms with Gasteiger partial charge in [-0.15, -0.1) is 11.8 Å². The molecule has 5 rings (SSSR count). The number of benzene rings is 2. The van der Waals surface area contributed by atoms with Crippen LogP contribution in [0.1, 0.15) is 30.1 Å². The van der Waals surface area contributed by atoms with E-state index in [0.717, 1.165) is 53.4 Å². The first-order valence-electron chi connectivity index (χ1n) is 13.9. The minimum absolute atomic E-state index is 0.0346. The molecule has 3 aromatic rings. The molecule has 2 heterocycles. The summed E-state index contributed by atoms with van der Waals surface area (Å²) in [5.74, 6) is -0.808. The van der Waals surface area contributed by atoms with E-state index in [1.165, 1.54) is 30.3 Å². The van der Waals surface area contributed by atoms with Crippen LogP contribution in [0.4, 0.5) is 8.78 Å². The number of nitrogens with two attached hydrogens (primary N) is 1. The maximum Gasteiger partial charge on any atom is 0.387 e. The lowest BCUT2D eigenvalue weighted by Gasteiger charge is -2.26. The predicted molar refractivity (Wildman–Crippen MR) is 167 cm³/mol. The van der Waals surface area contributed by atoms with Crippen molar-refractivity contribution in [2.45, 2.75) is 47.1 Å². The number of ether oxygens (including phenoxy) is 3. The van der Waals surface area contributed by atoms with Gasteiger partial charge in [0.2, 0.25) is 20.0 Å². The monoisotopic (exact) mass is 753 g/mol. The van der Waals surface area contributed by atoms with Crippen LogP contribution in [0.2, 0.25) is 10.0 Å². The average Bonchev–Trinajstić information content (AvgIpc) is 3.68. The van der Waals surface area contributed by atoms with Gasteiger partial charge in [0.1, 0.15) is 16.1 Å². The Morgan fingerprint density at radius 1 is 1.06 bits per heavy atom. The fraction of sp³-hybridized carbons (Fsp3) is 0.357. The molecule has 0 bridgehead atoms.